The maximum Gasteiger partial charge on any atom is 0.334 e. The molecule has 1 saturated carbocycles. The van der Waals surface area contributed by atoms with Gasteiger partial charge in [0.05, 0.1) is 6.54 Å². The normalized spacial score (nSPS) is 14.4. The summed E-state index contributed by atoms with van der Waals surface area (Å²) in [6, 6.07) is 6.30. The Kier molecular flexibility index (Phi) is 6.61. The van der Waals surface area contributed by atoms with Crippen molar-refractivity contribution < 1.29 is 19.8 Å². The van der Waals surface area contributed by atoms with Crippen molar-refractivity contribution >= 4 is 23.5 Å². The number of amides is 1. The van der Waals surface area contributed by atoms with Crippen LogP contribution in [-0.4, -0.2) is 37.8 Å². The van der Waals surface area contributed by atoms with E-state index in [1.54, 1.807) is 24.3 Å². The predicted molar refractivity (Wildman–Crippen MR) is 109 cm³/mol. The summed E-state index contributed by atoms with van der Waals surface area (Å²) >= 11 is 6.17. The highest BCUT2D eigenvalue weighted by molar-refractivity contribution is 6.31. The zero-order chi connectivity index (χ0) is 21.8. The number of nitrogens with zero attached hydrogens (tertiary/aromatic N) is 2. The highest BCUT2D eigenvalue weighted by Crippen LogP contribution is 2.30. The Hall–Kier alpha value is -3.07. The smallest absolute Gasteiger partial charge is 0.334 e. The van der Waals surface area contributed by atoms with Crippen molar-refractivity contribution in [3.8, 4) is 5.88 Å². The first-order chi connectivity index (χ1) is 14.3. The standard InChI is InChI=1S/C20H22ClN3O6/c21-14-9-5-4-6-12(14)11-23-18(28)16(17(27)22-10-15(25)26)19(29)24(20(23)30)13-7-2-1-3-8-13/h4-6,9,13,29H,1-3,7-8,10-11H2,(H,22,27)(H,25,26). The van der Waals surface area contributed by atoms with Crippen LogP contribution in [0, 0.1) is 0 Å². The third-order valence-electron chi connectivity index (χ3n) is 5.20. The van der Waals surface area contributed by atoms with E-state index < -0.39 is 41.1 Å². The van der Waals surface area contributed by atoms with Crippen molar-refractivity contribution in [2.75, 3.05) is 6.54 Å². The lowest BCUT2D eigenvalue weighted by Gasteiger charge is -2.26. The SMILES string of the molecule is O=C(O)CNC(=O)c1c(O)n(C2CCCCC2)c(=O)n(Cc2ccccc2Cl)c1=O. The number of aromatic nitrogens is 2. The number of carbonyl (C=O) groups is 2. The quantitative estimate of drug-likeness (QED) is 0.633. The number of carbonyl (C=O) groups excluding carboxylic acids is 1. The van der Waals surface area contributed by atoms with Gasteiger partial charge in [-0.05, 0) is 24.5 Å². The van der Waals surface area contributed by atoms with E-state index in [-0.39, 0.29) is 12.6 Å². The Morgan fingerprint density at radius 3 is 2.43 bits per heavy atom. The van der Waals surface area contributed by atoms with Gasteiger partial charge in [-0.3, -0.25) is 23.5 Å². The fraction of sp³-hybridized carbons (Fsp3) is 0.400. The molecule has 0 saturated heterocycles. The Labute approximate surface area is 176 Å². The summed E-state index contributed by atoms with van der Waals surface area (Å²) < 4.78 is 1.93. The number of hydrogen-bond donors (Lipinski definition) is 3. The number of aromatic hydroxyl groups is 1. The maximum absolute atomic E-state index is 13.2. The molecule has 160 valence electrons. The first-order valence-corrected chi connectivity index (χ1v) is 10.0. The minimum absolute atomic E-state index is 0.191. The minimum atomic E-state index is -1.31. The molecule has 9 nitrogen and oxygen atoms in total. The van der Waals surface area contributed by atoms with Crippen molar-refractivity contribution in [1.29, 1.82) is 0 Å². The van der Waals surface area contributed by atoms with Gasteiger partial charge in [0.25, 0.3) is 11.5 Å². The molecule has 1 aromatic heterocycles. The second kappa shape index (κ2) is 9.17. The average molecular weight is 436 g/mol. The van der Waals surface area contributed by atoms with Crippen molar-refractivity contribution in [3.63, 3.8) is 0 Å². The van der Waals surface area contributed by atoms with Gasteiger partial charge >= 0.3 is 11.7 Å². The predicted octanol–water partition coefficient (Wildman–Crippen LogP) is 1.74. The number of rotatable bonds is 6. The molecule has 0 spiro atoms. The van der Waals surface area contributed by atoms with Crippen LogP contribution in [0.15, 0.2) is 33.9 Å². The molecule has 0 atom stereocenters. The number of carboxylic acid groups (broad SMARTS) is 1. The molecule has 1 aliphatic rings. The molecule has 1 amide bonds. The number of nitrogens with one attached hydrogen (secondary N) is 1. The Balaban J connectivity index is 2.17. The number of carboxylic acids is 1. The lowest BCUT2D eigenvalue weighted by Crippen LogP contribution is -2.46. The average Bonchev–Trinajstić information content (AvgIpc) is 2.71. The monoisotopic (exact) mass is 435 g/mol. The second-order valence-corrected chi connectivity index (χ2v) is 7.61. The zero-order valence-corrected chi connectivity index (χ0v) is 16.9. The van der Waals surface area contributed by atoms with E-state index in [1.807, 2.05) is 0 Å². The van der Waals surface area contributed by atoms with Gasteiger partial charge in [0, 0.05) is 11.1 Å². The second-order valence-electron chi connectivity index (χ2n) is 7.20. The molecule has 2 aromatic rings. The van der Waals surface area contributed by atoms with Crippen molar-refractivity contribution in [2.24, 2.45) is 0 Å². The van der Waals surface area contributed by atoms with Crippen LogP contribution in [0.1, 0.15) is 54.1 Å². The molecule has 0 unspecified atom stereocenters. The number of aliphatic carboxylic acids is 1. The number of hydrogen-bond acceptors (Lipinski definition) is 5. The van der Waals surface area contributed by atoms with E-state index in [1.165, 1.54) is 0 Å². The Bertz CT molecular complexity index is 1080. The Morgan fingerprint density at radius 2 is 1.80 bits per heavy atom. The van der Waals surface area contributed by atoms with Crippen LogP contribution in [0.4, 0.5) is 0 Å². The number of halogens is 1. The van der Waals surface area contributed by atoms with E-state index in [0.717, 1.165) is 28.4 Å². The van der Waals surface area contributed by atoms with Crippen molar-refractivity contribution in [3.05, 3.63) is 61.3 Å². The molecule has 30 heavy (non-hydrogen) atoms. The highest BCUT2D eigenvalue weighted by atomic mass is 35.5. The summed E-state index contributed by atoms with van der Waals surface area (Å²) in [5.74, 6) is -3.10. The van der Waals surface area contributed by atoms with Crippen LogP contribution in [0.25, 0.3) is 0 Å². The van der Waals surface area contributed by atoms with Crippen molar-refractivity contribution in [1.82, 2.24) is 14.5 Å². The van der Waals surface area contributed by atoms with Crippen LogP contribution in [0.2, 0.25) is 5.02 Å². The third kappa shape index (κ3) is 4.40. The van der Waals surface area contributed by atoms with Crippen LogP contribution in [0.3, 0.4) is 0 Å². The maximum atomic E-state index is 13.2. The molecular formula is C20H22ClN3O6. The zero-order valence-electron chi connectivity index (χ0n) is 16.1. The van der Waals surface area contributed by atoms with Gasteiger partial charge in [0.2, 0.25) is 5.88 Å². The first-order valence-electron chi connectivity index (χ1n) is 9.63. The molecule has 3 rings (SSSR count). The molecule has 0 radical (unpaired) electrons. The molecule has 1 heterocycles. The molecule has 0 aliphatic heterocycles. The number of benzene rings is 1. The van der Waals surface area contributed by atoms with E-state index in [0.29, 0.717) is 23.4 Å². The van der Waals surface area contributed by atoms with Gasteiger partial charge < -0.3 is 15.5 Å². The third-order valence-corrected chi connectivity index (χ3v) is 5.57. The van der Waals surface area contributed by atoms with Crippen LogP contribution in [0.5, 0.6) is 5.88 Å². The van der Waals surface area contributed by atoms with Gasteiger partial charge in [-0.15, -0.1) is 0 Å². The lowest BCUT2D eigenvalue weighted by atomic mass is 9.95. The summed E-state index contributed by atoms with van der Waals surface area (Å²) in [6.45, 7) is -0.922. The summed E-state index contributed by atoms with van der Waals surface area (Å²) in [7, 11) is 0. The topological polar surface area (TPSA) is 131 Å². The summed E-state index contributed by atoms with van der Waals surface area (Å²) in [4.78, 5) is 49.5. The fourth-order valence-corrected chi connectivity index (χ4v) is 3.90. The summed E-state index contributed by atoms with van der Waals surface area (Å²) in [6.07, 6.45) is 3.93. The molecule has 3 N–H and O–H groups in total. The van der Waals surface area contributed by atoms with E-state index >= 15 is 0 Å². The Morgan fingerprint density at radius 1 is 1.13 bits per heavy atom. The van der Waals surface area contributed by atoms with E-state index in [2.05, 4.69) is 5.32 Å². The van der Waals surface area contributed by atoms with Gasteiger partial charge in [-0.1, -0.05) is 49.1 Å². The van der Waals surface area contributed by atoms with Crippen LogP contribution >= 0.6 is 11.6 Å². The lowest BCUT2D eigenvalue weighted by molar-refractivity contribution is -0.135. The molecule has 10 heteroatoms. The van der Waals surface area contributed by atoms with Gasteiger partial charge in [-0.2, -0.15) is 0 Å². The van der Waals surface area contributed by atoms with Gasteiger partial charge in [0.15, 0.2) is 5.56 Å². The fourth-order valence-electron chi connectivity index (χ4n) is 3.71. The molecule has 1 fully saturated rings. The molecule has 0 bridgehead atoms. The minimum Gasteiger partial charge on any atom is -0.494 e. The van der Waals surface area contributed by atoms with Crippen molar-refractivity contribution in [2.45, 2.75) is 44.7 Å². The van der Waals surface area contributed by atoms with E-state index in [9.17, 15) is 24.3 Å². The van der Waals surface area contributed by atoms with Crippen LogP contribution < -0.4 is 16.6 Å². The largest absolute Gasteiger partial charge is 0.494 e. The van der Waals surface area contributed by atoms with Gasteiger partial charge in [-0.25, -0.2) is 4.79 Å². The van der Waals surface area contributed by atoms with E-state index in [4.69, 9.17) is 16.7 Å². The summed E-state index contributed by atoms with van der Waals surface area (Å²) in [5, 5.41) is 21.9. The molecule has 1 aliphatic carbocycles. The molecule has 1 aromatic carbocycles. The van der Waals surface area contributed by atoms with Gasteiger partial charge in [0.1, 0.15) is 6.54 Å². The first kappa shape index (κ1) is 21.6. The van der Waals surface area contributed by atoms with Crippen LogP contribution in [-0.2, 0) is 11.3 Å². The summed E-state index contributed by atoms with van der Waals surface area (Å²) in [5.41, 5.74) is -1.91. The highest BCUT2D eigenvalue weighted by Gasteiger charge is 2.29. The molecular weight excluding hydrogens is 414 g/mol.